The number of fused-ring (bicyclic) bond motifs is 1. The number of benzene rings is 1. The van der Waals surface area contributed by atoms with Crippen molar-refractivity contribution in [3.05, 3.63) is 29.5 Å². The molecule has 2 amide bonds. The number of nitrogens with one attached hydrogen (secondary N) is 1. The average Bonchev–Trinajstić information content (AvgIpc) is 3.17. The second-order valence-electron chi connectivity index (χ2n) is 9.50. The lowest BCUT2D eigenvalue weighted by Crippen LogP contribution is -2.34. The lowest BCUT2D eigenvalue weighted by molar-refractivity contribution is -0.142. The minimum Gasteiger partial charge on any atom is -0.496 e. The summed E-state index contributed by atoms with van der Waals surface area (Å²) in [5.74, 6) is 3.98. The Labute approximate surface area is 213 Å². The normalized spacial score (nSPS) is 25.2. The first-order valence-corrected chi connectivity index (χ1v) is 12.4. The molecule has 4 N–H and O–H groups in total. The van der Waals surface area contributed by atoms with E-state index in [-0.39, 0.29) is 35.6 Å². The Hall–Kier alpha value is -3.87. The molecule has 0 radical (unpaired) electrons. The first-order chi connectivity index (χ1) is 17.7. The molecule has 1 aromatic carbocycles. The van der Waals surface area contributed by atoms with Crippen LogP contribution in [0.1, 0.15) is 54.9 Å². The number of ether oxygens (including phenoxy) is 2. The number of carbonyl (C=O) groups excluding carboxylic acids is 2. The number of rotatable bonds is 7. The van der Waals surface area contributed by atoms with Crippen LogP contribution in [0.5, 0.6) is 11.6 Å². The first-order valence-electron chi connectivity index (χ1n) is 12.4. The maximum Gasteiger partial charge on any atom is 0.306 e. The number of nitrogens with zero attached hydrogens (tertiary/aromatic N) is 1. The number of aliphatic carboxylic acids is 1. The van der Waals surface area contributed by atoms with E-state index in [1.165, 1.54) is 13.3 Å². The maximum atomic E-state index is 14.2. The summed E-state index contributed by atoms with van der Waals surface area (Å²) < 4.78 is 25.5. The third kappa shape index (κ3) is 5.45. The molecule has 196 valence electrons. The van der Waals surface area contributed by atoms with Crippen molar-refractivity contribution >= 4 is 28.6 Å². The number of nitrogens with two attached hydrogens (primary N) is 1. The predicted molar refractivity (Wildman–Crippen MR) is 133 cm³/mol. The Morgan fingerprint density at radius 3 is 2.59 bits per heavy atom. The number of hydrogen-bond acceptors (Lipinski definition) is 6. The van der Waals surface area contributed by atoms with Gasteiger partial charge in [-0.1, -0.05) is 18.8 Å². The van der Waals surface area contributed by atoms with Gasteiger partial charge in [0.2, 0.25) is 5.88 Å². The molecular formula is C27H30FN3O6. The number of carboxylic acids is 1. The Morgan fingerprint density at radius 2 is 1.97 bits per heavy atom. The van der Waals surface area contributed by atoms with Crippen molar-refractivity contribution in [2.75, 3.05) is 13.7 Å². The summed E-state index contributed by atoms with van der Waals surface area (Å²) in [6, 6.07) is 2.68. The zero-order chi connectivity index (χ0) is 26.7. The fourth-order valence-corrected chi connectivity index (χ4v) is 5.08. The van der Waals surface area contributed by atoms with E-state index in [0.29, 0.717) is 48.4 Å². The maximum absolute atomic E-state index is 14.2. The number of pyridine rings is 1. The van der Waals surface area contributed by atoms with Crippen LogP contribution in [0.4, 0.5) is 4.39 Å². The van der Waals surface area contributed by atoms with E-state index in [9.17, 15) is 23.9 Å². The van der Waals surface area contributed by atoms with Crippen LogP contribution in [0, 0.1) is 29.6 Å². The lowest BCUT2D eigenvalue weighted by Gasteiger charge is -2.22. The highest BCUT2D eigenvalue weighted by atomic mass is 19.1. The fraction of sp³-hybridized carbons (Fsp3) is 0.481. The summed E-state index contributed by atoms with van der Waals surface area (Å²) in [5.41, 5.74) is 6.30. The predicted octanol–water partition coefficient (Wildman–Crippen LogP) is 2.83. The molecule has 1 aliphatic carbocycles. The van der Waals surface area contributed by atoms with E-state index in [2.05, 4.69) is 22.1 Å². The summed E-state index contributed by atoms with van der Waals surface area (Å²) in [7, 11) is 1.42. The van der Waals surface area contributed by atoms with Gasteiger partial charge in [0.15, 0.2) is 6.17 Å². The third-order valence-corrected chi connectivity index (χ3v) is 7.27. The molecule has 2 fully saturated rings. The van der Waals surface area contributed by atoms with Crippen LogP contribution < -0.4 is 20.5 Å². The smallest absolute Gasteiger partial charge is 0.306 e. The van der Waals surface area contributed by atoms with Crippen LogP contribution >= 0.6 is 0 Å². The summed E-state index contributed by atoms with van der Waals surface area (Å²) in [6.07, 6.45) is 2.98. The van der Waals surface area contributed by atoms with Crippen LogP contribution in [0.15, 0.2) is 18.3 Å². The molecule has 2 heterocycles. The molecule has 0 bridgehead atoms. The molecule has 4 rings (SSSR count). The van der Waals surface area contributed by atoms with Gasteiger partial charge < -0.3 is 25.6 Å². The van der Waals surface area contributed by atoms with E-state index in [1.54, 1.807) is 12.1 Å². The molecule has 2 aliphatic rings. The second-order valence-corrected chi connectivity index (χ2v) is 9.50. The highest BCUT2D eigenvalue weighted by molar-refractivity contribution is 6.03. The number of carbonyl (C=O) groups is 3. The topological polar surface area (TPSA) is 141 Å². The number of alkyl halides is 1. The van der Waals surface area contributed by atoms with Crippen molar-refractivity contribution in [1.29, 1.82) is 0 Å². The van der Waals surface area contributed by atoms with Gasteiger partial charge in [0.1, 0.15) is 12.4 Å². The Kier molecular flexibility index (Phi) is 7.81. The minimum atomic E-state index is -1.58. The Bertz CT molecular complexity index is 1280. The van der Waals surface area contributed by atoms with Crippen LogP contribution in [0.2, 0.25) is 0 Å². The quantitative estimate of drug-likeness (QED) is 0.486. The van der Waals surface area contributed by atoms with Gasteiger partial charge in [-0.2, -0.15) is 0 Å². The Balaban J connectivity index is 1.66. The molecular weight excluding hydrogens is 481 g/mol. The van der Waals surface area contributed by atoms with Gasteiger partial charge in [0, 0.05) is 28.8 Å². The molecule has 1 aromatic heterocycles. The molecule has 1 saturated heterocycles. The second kappa shape index (κ2) is 11.0. The van der Waals surface area contributed by atoms with Crippen LogP contribution in [0.3, 0.4) is 0 Å². The molecule has 0 unspecified atom stereocenters. The van der Waals surface area contributed by atoms with E-state index >= 15 is 0 Å². The first kappa shape index (κ1) is 26.2. The van der Waals surface area contributed by atoms with Crippen molar-refractivity contribution in [2.45, 2.75) is 51.2 Å². The SMILES string of the molecule is CC[C@@H]1[C@H](F)C(=O)N[C@@H]1COc1ncc(C#C[C@H]2CC[C@H](C(=O)O)CC2)c2cc(C(N)=O)c(OC)cc12. The molecule has 37 heavy (non-hydrogen) atoms. The van der Waals surface area contributed by atoms with Crippen LogP contribution in [-0.2, 0) is 9.59 Å². The molecule has 9 nitrogen and oxygen atoms in total. The summed E-state index contributed by atoms with van der Waals surface area (Å²) in [6.45, 7) is 1.83. The molecule has 1 aliphatic heterocycles. The van der Waals surface area contributed by atoms with Gasteiger partial charge >= 0.3 is 5.97 Å². The summed E-state index contributed by atoms with van der Waals surface area (Å²) in [5, 5.41) is 13.0. The van der Waals surface area contributed by atoms with Crippen LogP contribution in [-0.4, -0.2) is 53.8 Å². The van der Waals surface area contributed by atoms with E-state index in [4.69, 9.17) is 15.2 Å². The van der Waals surface area contributed by atoms with Gasteiger partial charge in [0.05, 0.1) is 30.2 Å². The number of primary amides is 1. The van der Waals surface area contributed by atoms with Gasteiger partial charge in [0.25, 0.3) is 11.8 Å². The van der Waals surface area contributed by atoms with Crippen molar-refractivity contribution < 1.29 is 33.4 Å². The summed E-state index contributed by atoms with van der Waals surface area (Å²) in [4.78, 5) is 39.5. The molecule has 0 spiro atoms. The number of amides is 2. The number of methoxy groups -OCH3 is 1. The lowest BCUT2D eigenvalue weighted by atomic mass is 9.82. The summed E-state index contributed by atoms with van der Waals surface area (Å²) >= 11 is 0. The highest BCUT2D eigenvalue weighted by Crippen LogP contribution is 2.34. The van der Waals surface area contributed by atoms with Gasteiger partial charge in [-0.3, -0.25) is 14.4 Å². The van der Waals surface area contributed by atoms with E-state index in [0.717, 1.165) is 0 Å². The van der Waals surface area contributed by atoms with Gasteiger partial charge in [-0.15, -0.1) is 0 Å². The highest BCUT2D eigenvalue weighted by Gasteiger charge is 2.41. The van der Waals surface area contributed by atoms with E-state index < -0.39 is 35.9 Å². The zero-order valence-corrected chi connectivity index (χ0v) is 20.8. The van der Waals surface area contributed by atoms with Gasteiger partial charge in [-0.25, -0.2) is 9.37 Å². The molecule has 10 heteroatoms. The number of hydrogen-bond donors (Lipinski definition) is 3. The number of halogens is 1. The van der Waals surface area contributed by atoms with Crippen molar-refractivity contribution in [3.8, 4) is 23.5 Å². The molecule has 1 saturated carbocycles. The van der Waals surface area contributed by atoms with Crippen molar-refractivity contribution in [1.82, 2.24) is 10.3 Å². The fourth-order valence-electron chi connectivity index (χ4n) is 5.08. The molecule has 2 aromatic rings. The minimum absolute atomic E-state index is 0.0183. The van der Waals surface area contributed by atoms with Gasteiger partial charge in [-0.05, 0) is 44.2 Å². The standard InChI is InChI=1S/C27H30FN3O6/c1-3-17-21(31-25(33)23(17)28)13-37-26-19-11-22(36-2)20(24(29)32)10-18(19)16(12-30-26)9-6-14-4-7-15(8-5-14)27(34)35/h10-12,14-15,17,21,23H,3-5,7-8,13H2,1-2H3,(H2,29,32)(H,31,33)(H,34,35)/t14-,15-,17-,21+,23-/m0/s1. The van der Waals surface area contributed by atoms with E-state index in [1.807, 2.05) is 6.92 Å². The van der Waals surface area contributed by atoms with Crippen LogP contribution in [0.25, 0.3) is 10.8 Å². The third-order valence-electron chi connectivity index (χ3n) is 7.27. The van der Waals surface area contributed by atoms with Crippen molar-refractivity contribution in [3.63, 3.8) is 0 Å². The number of aromatic nitrogens is 1. The largest absolute Gasteiger partial charge is 0.496 e. The Morgan fingerprint density at radius 1 is 1.24 bits per heavy atom. The molecule has 3 atom stereocenters. The average molecular weight is 512 g/mol. The van der Waals surface area contributed by atoms with Crippen molar-refractivity contribution in [2.24, 2.45) is 23.5 Å². The monoisotopic (exact) mass is 511 g/mol. The zero-order valence-electron chi connectivity index (χ0n) is 20.8. The number of carboxylic acid groups (broad SMARTS) is 1.